The summed E-state index contributed by atoms with van der Waals surface area (Å²) >= 11 is 5.72. The minimum atomic E-state index is 0.445. The van der Waals surface area contributed by atoms with E-state index in [1.807, 2.05) is 0 Å². The van der Waals surface area contributed by atoms with E-state index in [1.165, 1.54) is 0 Å². The number of ether oxygens (including phenoxy) is 1. The molecule has 61 valence electrons. The van der Waals surface area contributed by atoms with Gasteiger partial charge < -0.3 is 4.74 Å². The van der Waals surface area contributed by atoms with Crippen LogP contribution in [0.25, 0.3) is 0 Å². The Labute approximate surface area is 70.9 Å². The summed E-state index contributed by atoms with van der Waals surface area (Å²) in [5, 5.41) is 4.36. The highest BCUT2D eigenvalue weighted by Gasteiger charge is 2.07. The first-order valence-electron chi connectivity index (χ1n) is 3.47. The molecular formula is C7H10ClN2O. The Hall–Kier alpha value is -0.700. The van der Waals surface area contributed by atoms with Gasteiger partial charge in [0.15, 0.2) is 0 Å². The van der Waals surface area contributed by atoms with Crippen LogP contribution in [0.4, 0.5) is 0 Å². The molecule has 0 spiro atoms. The van der Waals surface area contributed by atoms with Crippen LogP contribution in [0.3, 0.4) is 0 Å². The lowest BCUT2D eigenvalue weighted by atomic mass is 10.5. The Morgan fingerprint density at radius 2 is 2.45 bits per heavy atom. The summed E-state index contributed by atoms with van der Waals surface area (Å²) in [4.78, 5) is 0. The average Bonchev–Trinajstić information content (AvgIpc) is 2.33. The van der Waals surface area contributed by atoms with Crippen molar-refractivity contribution in [3.63, 3.8) is 0 Å². The molecule has 0 aromatic carbocycles. The van der Waals surface area contributed by atoms with E-state index >= 15 is 0 Å². The van der Waals surface area contributed by atoms with E-state index in [1.54, 1.807) is 11.8 Å². The third-order valence-electron chi connectivity index (χ3n) is 1.32. The van der Waals surface area contributed by atoms with Gasteiger partial charge in [-0.2, -0.15) is 5.10 Å². The summed E-state index contributed by atoms with van der Waals surface area (Å²) in [6.07, 6.45) is 3.63. The molecule has 3 nitrogen and oxygen atoms in total. The molecule has 0 aliphatic rings. The van der Waals surface area contributed by atoms with Crippen molar-refractivity contribution in [2.75, 3.05) is 7.11 Å². The second-order valence-corrected chi connectivity index (χ2v) is 2.54. The summed E-state index contributed by atoms with van der Waals surface area (Å²) in [5.41, 5.74) is 0. The van der Waals surface area contributed by atoms with E-state index in [2.05, 4.69) is 18.2 Å². The van der Waals surface area contributed by atoms with Gasteiger partial charge >= 0.3 is 0 Å². The second-order valence-electron chi connectivity index (χ2n) is 2.16. The summed E-state index contributed by atoms with van der Waals surface area (Å²) in [6, 6.07) is 0. The maximum atomic E-state index is 5.72. The fraction of sp³-hybridized carbons (Fsp3) is 0.571. The lowest BCUT2D eigenvalue weighted by Crippen LogP contribution is -2.01. The first-order chi connectivity index (χ1) is 5.29. The molecule has 0 atom stereocenters. The van der Waals surface area contributed by atoms with Crippen LogP contribution in [0.5, 0.6) is 5.88 Å². The maximum absolute atomic E-state index is 5.72. The van der Waals surface area contributed by atoms with Crippen molar-refractivity contribution in [3.05, 3.63) is 11.2 Å². The molecule has 1 aromatic rings. The van der Waals surface area contributed by atoms with Crippen LogP contribution in [-0.2, 0) is 6.54 Å². The molecule has 0 aliphatic carbocycles. The highest BCUT2D eigenvalue weighted by molar-refractivity contribution is 6.31. The fourth-order valence-corrected chi connectivity index (χ4v) is 1.08. The minimum Gasteiger partial charge on any atom is -0.480 e. The molecule has 1 rings (SSSR count). The van der Waals surface area contributed by atoms with Crippen molar-refractivity contribution in [2.24, 2.45) is 0 Å². The number of hydrogen-bond donors (Lipinski definition) is 0. The van der Waals surface area contributed by atoms with Gasteiger partial charge in [0.25, 0.3) is 0 Å². The van der Waals surface area contributed by atoms with Gasteiger partial charge in [-0.05, 0) is 6.42 Å². The van der Waals surface area contributed by atoms with E-state index in [9.17, 15) is 0 Å². The third kappa shape index (κ3) is 1.66. The number of methoxy groups -OCH3 is 1. The molecule has 1 heterocycles. The Kier molecular flexibility index (Phi) is 2.76. The molecule has 1 radical (unpaired) electrons. The van der Waals surface area contributed by atoms with Crippen LogP contribution >= 0.6 is 11.6 Å². The van der Waals surface area contributed by atoms with Gasteiger partial charge in [-0.15, -0.1) is 0 Å². The maximum Gasteiger partial charge on any atom is 0.231 e. The molecule has 11 heavy (non-hydrogen) atoms. The molecule has 0 amide bonds. The van der Waals surface area contributed by atoms with E-state index in [4.69, 9.17) is 16.3 Å². The largest absolute Gasteiger partial charge is 0.480 e. The topological polar surface area (TPSA) is 27.1 Å². The molecule has 1 aromatic heterocycles. The molecule has 0 saturated heterocycles. The Morgan fingerprint density at radius 3 is 3.00 bits per heavy atom. The van der Waals surface area contributed by atoms with Gasteiger partial charge in [0.05, 0.1) is 7.11 Å². The zero-order chi connectivity index (χ0) is 8.27. The normalized spacial score (nSPS) is 10.1. The van der Waals surface area contributed by atoms with Gasteiger partial charge in [0, 0.05) is 6.54 Å². The fourth-order valence-electron chi connectivity index (χ4n) is 0.869. The van der Waals surface area contributed by atoms with E-state index in [0.29, 0.717) is 10.9 Å². The van der Waals surface area contributed by atoms with Crippen molar-refractivity contribution in [1.82, 2.24) is 9.78 Å². The lowest BCUT2D eigenvalue weighted by Gasteiger charge is -2.03. The smallest absolute Gasteiger partial charge is 0.231 e. The monoisotopic (exact) mass is 173 g/mol. The molecule has 0 aliphatic heterocycles. The standard InChI is InChI=1S/C7H10ClN2O/c1-3-4-10-7(11-2)6(8)5-9-10/h3-4H2,1-2H3. The molecular weight excluding hydrogens is 164 g/mol. The zero-order valence-corrected chi connectivity index (χ0v) is 7.35. The number of halogens is 1. The van der Waals surface area contributed by atoms with Crippen LogP contribution in [0.2, 0.25) is 5.02 Å². The van der Waals surface area contributed by atoms with Crippen molar-refractivity contribution in [3.8, 4) is 5.88 Å². The lowest BCUT2D eigenvalue weighted by molar-refractivity contribution is 0.359. The minimum absolute atomic E-state index is 0.445. The van der Waals surface area contributed by atoms with Crippen LogP contribution < -0.4 is 4.74 Å². The summed E-state index contributed by atoms with van der Waals surface area (Å²) in [7, 11) is 1.57. The first-order valence-corrected chi connectivity index (χ1v) is 3.85. The summed E-state index contributed by atoms with van der Waals surface area (Å²) < 4.78 is 6.70. The van der Waals surface area contributed by atoms with Crippen molar-refractivity contribution in [2.45, 2.75) is 19.9 Å². The van der Waals surface area contributed by atoms with Crippen molar-refractivity contribution in [1.29, 1.82) is 0 Å². The van der Waals surface area contributed by atoms with Crippen LogP contribution in [0.1, 0.15) is 13.3 Å². The second kappa shape index (κ2) is 3.62. The molecule has 0 bridgehead atoms. The molecule has 0 unspecified atom stereocenters. The highest BCUT2D eigenvalue weighted by atomic mass is 35.5. The molecule has 0 saturated carbocycles. The van der Waals surface area contributed by atoms with E-state index in [0.717, 1.165) is 13.0 Å². The van der Waals surface area contributed by atoms with E-state index < -0.39 is 0 Å². The number of nitrogens with zero attached hydrogens (tertiary/aromatic N) is 2. The Morgan fingerprint density at radius 1 is 1.73 bits per heavy atom. The number of hydrogen-bond acceptors (Lipinski definition) is 2. The Bertz CT molecular complexity index is 234. The first kappa shape index (κ1) is 8.40. The predicted molar refractivity (Wildman–Crippen MR) is 42.9 cm³/mol. The molecule has 0 fully saturated rings. The highest BCUT2D eigenvalue weighted by Crippen LogP contribution is 2.22. The molecule has 4 heteroatoms. The van der Waals surface area contributed by atoms with Crippen LogP contribution in [0.15, 0.2) is 0 Å². The van der Waals surface area contributed by atoms with Crippen molar-refractivity contribution < 1.29 is 4.74 Å². The SMILES string of the molecule is CCCn1n[c]c(Cl)c1OC. The van der Waals surface area contributed by atoms with Crippen LogP contribution in [0, 0.1) is 6.20 Å². The van der Waals surface area contributed by atoms with E-state index in [-0.39, 0.29) is 0 Å². The Balaban J connectivity index is 2.86. The number of aromatic nitrogens is 2. The van der Waals surface area contributed by atoms with Gasteiger partial charge in [-0.3, -0.25) is 0 Å². The van der Waals surface area contributed by atoms with Gasteiger partial charge in [0.1, 0.15) is 11.2 Å². The average molecular weight is 174 g/mol. The number of aryl methyl sites for hydroxylation is 1. The third-order valence-corrected chi connectivity index (χ3v) is 1.57. The summed E-state index contributed by atoms with van der Waals surface area (Å²) in [5.74, 6) is 0.591. The van der Waals surface area contributed by atoms with Gasteiger partial charge in [-0.1, -0.05) is 18.5 Å². The van der Waals surface area contributed by atoms with Gasteiger partial charge in [-0.25, -0.2) is 4.68 Å². The predicted octanol–water partition coefficient (Wildman–Crippen LogP) is 1.76. The molecule has 0 N–H and O–H groups in total. The van der Waals surface area contributed by atoms with Crippen molar-refractivity contribution >= 4 is 11.6 Å². The quantitative estimate of drug-likeness (QED) is 0.697. The zero-order valence-electron chi connectivity index (χ0n) is 6.59. The summed E-state index contributed by atoms with van der Waals surface area (Å²) in [6.45, 7) is 2.88. The number of rotatable bonds is 3. The van der Waals surface area contributed by atoms with Crippen LogP contribution in [-0.4, -0.2) is 16.9 Å². The van der Waals surface area contributed by atoms with Gasteiger partial charge in [0.2, 0.25) is 5.88 Å².